The number of morpholine rings is 1. The van der Waals surface area contributed by atoms with Crippen LogP contribution in [0.3, 0.4) is 0 Å². The fourth-order valence-electron chi connectivity index (χ4n) is 3.57. The normalized spacial score (nSPS) is 14.6. The van der Waals surface area contributed by atoms with Gasteiger partial charge in [-0.15, -0.1) is 0 Å². The predicted octanol–water partition coefficient (Wildman–Crippen LogP) is 0.686. The number of carbonyl (C=O) groups is 1. The zero-order valence-corrected chi connectivity index (χ0v) is 22.5. The maximum absolute atomic E-state index is 12.7. The lowest BCUT2D eigenvalue weighted by Gasteiger charge is -2.26. The number of amides is 1. The monoisotopic (exact) mass is 557 g/mol. The van der Waals surface area contributed by atoms with E-state index in [1.54, 1.807) is 6.07 Å². The van der Waals surface area contributed by atoms with E-state index in [9.17, 15) is 21.6 Å². The molecule has 1 heterocycles. The largest absolute Gasteiger partial charge is 0.493 e. The van der Waals surface area contributed by atoms with Crippen molar-refractivity contribution in [1.29, 1.82) is 0 Å². The molecule has 0 atom stereocenters. The van der Waals surface area contributed by atoms with Crippen LogP contribution in [-0.4, -0.2) is 93.5 Å². The molecule has 1 saturated heterocycles. The van der Waals surface area contributed by atoms with Gasteiger partial charge in [0.25, 0.3) is 0 Å². The molecular formula is C23H31N3O9S2. The highest BCUT2D eigenvalue weighted by Gasteiger charge is 2.26. The summed E-state index contributed by atoms with van der Waals surface area (Å²) in [6.45, 7) is 1.10. The van der Waals surface area contributed by atoms with Gasteiger partial charge in [0.1, 0.15) is 18.9 Å². The Kier molecular flexibility index (Phi) is 9.59. The van der Waals surface area contributed by atoms with Gasteiger partial charge in [0.15, 0.2) is 11.5 Å². The molecule has 0 bridgehead atoms. The van der Waals surface area contributed by atoms with Crippen LogP contribution in [0.15, 0.2) is 47.4 Å². The van der Waals surface area contributed by atoms with Crippen LogP contribution in [0.2, 0.25) is 0 Å². The molecule has 14 heteroatoms. The predicted molar refractivity (Wildman–Crippen MR) is 136 cm³/mol. The summed E-state index contributed by atoms with van der Waals surface area (Å²) in [5.41, 5.74) is 0.249. The minimum absolute atomic E-state index is 0.0938. The third kappa shape index (κ3) is 7.47. The molecule has 204 valence electrons. The standard InChI is InChI=1S/C23H31N3O9S2/c1-32-21-9-4-18(16-22(21)33-2)26(36(3,28)29)17-23(27)24-10-13-35-19-5-7-20(8-6-19)37(30,31)25-11-14-34-15-12-25/h4-9,16H,10-15,17H2,1-3H3,(H,24,27). The Morgan fingerprint density at radius 3 is 2.24 bits per heavy atom. The number of sulfonamides is 2. The van der Waals surface area contributed by atoms with Gasteiger partial charge >= 0.3 is 0 Å². The van der Waals surface area contributed by atoms with Gasteiger partial charge in [0, 0.05) is 19.2 Å². The van der Waals surface area contributed by atoms with Crippen LogP contribution in [0.5, 0.6) is 17.2 Å². The lowest BCUT2D eigenvalue weighted by molar-refractivity contribution is -0.119. The average Bonchev–Trinajstić information content (AvgIpc) is 2.89. The molecule has 1 aliphatic rings. The molecule has 2 aromatic rings. The molecule has 3 rings (SSSR count). The second kappa shape index (κ2) is 12.4. The van der Waals surface area contributed by atoms with Crippen molar-refractivity contribution in [3.63, 3.8) is 0 Å². The first-order valence-electron chi connectivity index (χ1n) is 11.3. The van der Waals surface area contributed by atoms with Crippen LogP contribution in [0.4, 0.5) is 5.69 Å². The van der Waals surface area contributed by atoms with Gasteiger partial charge in [-0.05, 0) is 36.4 Å². The molecule has 1 aliphatic heterocycles. The second-order valence-corrected chi connectivity index (χ2v) is 11.8. The fraction of sp³-hybridized carbons (Fsp3) is 0.435. The van der Waals surface area contributed by atoms with Crippen molar-refractivity contribution in [2.45, 2.75) is 4.90 Å². The number of methoxy groups -OCH3 is 2. The zero-order chi connectivity index (χ0) is 27.1. The molecule has 0 radical (unpaired) electrons. The van der Waals surface area contributed by atoms with E-state index in [0.717, 1.165) is 10.6 Å². The van der Waals surface area contributed by atoms with Crippen LogP contribution in [0, 0.1) is 0 Å². The quantitative estimate of drug-likeness (QED) is 0.373. The topological polar surface area (TPSA) is 141 Å². The number of hydrogen-bond acceptors (Lipinski definition) is 9. The van der Waals surface area contributed by atoms with Crippen molar-refractivity contribution in [3.05, 3.63) is 42.5 Å². The summed E-state index contributed by atoms with van der Waals surface area (Å²) in [7, 11) is -4.48. The van der Waals surface area contributed by atoms with E-state index in [-0.39, 0.29) is 23.7 Å². The summed E-state index contributed by atoms with van der Waals surface area (Å²) >= 11 is 0. The molecule has 37 heavy (non-hydrogen) atoms. The summed E-state index contributed by atoms with van der Waals surface area (Å²) in [5.74, 6) is 0.647. The summed E-state index contributed by atoms with van der Waals surface area (Å²) in [4.78, 5) is 12.6. The van der Waals surface area contributed by atoms with Crippen molar-refractivity contribution in [1.82, 2.24) is 9.62 Å². The van der Waals surface area contributed by atoms with Crippen LogP contribution in [0.1, 0.15) is 0 Å². The van der Waals surface area contributed by atoms with Gasteiger partial charge in [0.2, 0.25) is 26.0 Å². The molecule has 0 aliphatic carbocycles. The SMILES string of the molecule is COc1ccc(N(CC(=O)NCCOc2ccc(S(=O)(=O)N3CCOCC3)cc2)S(C)(=O)=O)cc1OC. The minimum atomic E-state index is -3.77. The summed E-state index contributed by atoms with van der Waals surface area (Å²) < 4.78 is 73.5. The summed E-state index contributed by atoms with van der Waals surface area (Å²) in [6.07, 6.45) is 1.00. The van der Waals surface area contributed by atoms with Gasteiger partial charge in [0.05, 0.1) is 50.8 Å². The first-order valence-corrected chi connectivity index (χ1v) is 14.6. The Morgan fingerprint density at radius 2 is 1.65 bits per heavy atom. The number of nitrogens with one attached hydrogen (secondary N) is 1. The summed E-state index contributed by atoms with van der Waals surface area (Å²) in [5, 5.41) is 2.61. The van der Waals surface area contributed by atoms with Crippen LogP contribution in [-0.2, 0) is 29.6 Å². The Hall–Kier alpha value is -3.07. The van der Waals surface area contributed by atoms with Crippen molar-refractivity contribution >= 4 is 31.6 Å². The molecule has 0 unspecified atom stereocenters. The number of benzene rings is 2. The van der Waals surface area contributed by atoms with Gasteiger partial charge in [-0.1, -0.05) is 0 Å². The second-order valence-electron chi connectivity index (χ2n) is 8.00. The molecule has 0 spiro atoms. The highest BCUT2D eigenvalue weighted by atomic mass is 32.2. The molecule has 1 fully saturated rings. The highest BCUT2D eigenvalue weighted by Crippen LogP contribution is 2.32. The zero-order valence-electron chi connectivity index (χ0n) is 20.9. The molecule has 2 aromatic carbocycles. The van der Waals surface area contributed by atoms with Crippen molar-refractivity contribution in [2.24, 2.45) is 0 Å². The molecule has 1 amide bonds. The lowest BCUT2D eigenvalue weighted by atomic mass is 10.2. The number of anilines is 1. The number of carbonyl (C=O) groups excluding carboxylic acids is 1. The van der Waals surface area contributed by atoms with E-state index < -0.39 is 32.5 Å². The summed E-state index contributed by atoms with van der Waals surface area (Å²) in [6, 6.07) is 10.5. The highest BCUT2D eigenvalue weighted by molar-refractivity contribution is 7.92. The van der Waals surface area contributed by atoms with E-state index in [4.69, 9.17) is 18.9 Å². The molecule has 0 aromatic heterocycles. The first kappa shape index (κ1) is 28.5. The number of rotatable bonds is 12. The van der Waals surface area contributed by atoms with Gasteiger partial charge in [-0.3, -0.25) is 9.10 Å². The lowest BCUT2D eigenvalue weighted by Crippen LogP contribution is -2.41. The van der Waals surface area contributed by atoms with Gasteiger partial charge in [-0.2, -0.15) is 4.31 Å². The van der Waals surface area contributed by atoms with E-state index in [2.05, 4.69) is 5.32 Å². The third-order valence-corrected chi connectivity index (χ3v) is 8.52. The first-order chi connectivity index (χ1) is 17.6. The van der Waals surface area contributed by atoms with E-state index >= 15 is 0 Å². The Labute approximate surface area is 217 Å². The third-order valence-electron chi connectivity index (χ3n) is 5.47. The van der Waals surface area contributed by atoms with Gasteiger partial charge < -0.3 is 24.3 Å². The average molecular weight is 558 g/mol. The van der Waals surface area contributed by atoms with Crippen LogP contribution in [0.25, 0.3) is 0 Å². The number of ether oxygens (including phenoxy) is 4. The van der Waals surface area contributed by atoms with Crippen molar-refractivity contribution in [2.75, 3.05) is 70.8 Å². The molecule has 1 N–H and O–H groups in total. The van der Waals surface area contributed by atoms with Crippen LogP contribution >= 0.6 is 0 Å². The minimum Gasteiger partial charge on any atom is -0.493 e. The van der Waals surface area contributed by atoms with Crippen LogP contribution < -0.4 is 23.8 Å². The molecule has 12 nitrogen and oxygen atoms in total. The maximum Gasteiger partial charge on any atom is 0.243 e. The van der Waals surface area contributed by atoms with Crippen molar-refractivity contribution in [3.8, 4) is 17.2 Å². The molecular weight excluding hydrogens is 526 g/mol. The smallest absolute Gasteiger partial charge is 0.243 e. The molecule has 0 saturated carbocycles. The number of nitrogens with zero attached hydrogens (tertiary/aromatic N) is 2. The van der Waals surface area contributed by atoms with Gasteiger partial charge in [-0.25, -0.2) is 16.8 Å². The maximum atomic E-state index is 12.7. The van der Waals surface area contributed by atoms with E-state index in [1.165, 1.54) is 54.9 Å². The fourth-order valence-corrected chi connectivity index (χ4v) is 5.83. The Bertz CT molecular complexity index is 1280. The Morgan fingerprint density at radius 1 is 1.00 bits per heavy atom. The number of hydrogen-bond donors (Lipinski definition) is 1. The Balaban J connectivity index is 1.53. The van der Waals surface area contributed by atoms with E-state index in [1.807, 2.05) is 0 Å². The van der Waals surface area contributed by atoms with Crippen molar-refractivity contribution < 1.29 is 40.6 Å². The van der Waals surface area contributed by atoms with E-state index in [0.29, 0.717) is 43.6 Å².